The molecule has 0 heterocycles. The van der Waals surface area contributed by atoms with Crippen LogP contribution in [0.1, 0.15) is 0 Å². The Morgan fingerprint density at radius 1 is 0.529 bits per heavy atom. The van der Waals surface area contributed by atoms with Crippen molar-refractivity contribution in [3.63, 3.8) is 0 Å². The van der Waals surface area contributed by atoms with Crippen LogP contribution in [0.4, 0.5) is 0 Å². The van der Waals surface area contributed by atoms with Crippen LogP contribution in [0.2, 0.25) is 0 Å². The summed E-state index contributed by atoms with van der Waals surface area (Å²) in [6.45, 7) is 0. The molecule has 0 bridgehead atoms. The minimum atomic E-state index is -1.50. The lowest BCUT2D eigenvalue weighted by molar-refractivity contribution is -0.742. The molecule has 0 atom stereocenters. The van der Waals surface area contributed by atoms with Gasteiger partial charge in [0.25, 0.3) is 20.3 Å². The van der Waals surface area contributed by atoms with Gasteiger partial charge in [-0.1, -0.05) is 0 Å². The third-order valence-electron chi connectivity index (χ3n) is 0. The topological polar surface area (TPSA) is 253 Å². The summed E-state index contributed by atoms with van der Waals surface area (Å²) >= 11 is 0. The lowest BCUT2D eigenvalue weighted by Gasteiger charge is -1.56. The van der Waals surface area contributed by atoms with E-state index in [4.69, 9.17) is 61.3 Å². The second-order valence-electron chi connectivity index (χ2n) is 0.951. The lowest BCUT2D eigenvalue weighted by Crippen LogP contribution is -1.81. The molecule has 0 aromatic rings. The van der Waals surface area contributed by atoms with Crippen molar-refractivity contribution in [2.24, 2.45) is 0 Å². The van der Waals surface area contributed by atoms with Gasteiger partial charge in [0, 0.05) is 0 Å². The number of hydrogen-bond donors (Lipinski definition) is 4. The number of nitrogens with zero attached hydrogens (tertiary/aromatic N) is 4. The van der Waals surface area contributed by atoms with Gasteiger partial charge in [-0.25, -0.2) is 0 Å². The first-order valence-corrected chi connectivity index (χ1v) is 2.26. The normalized spacial score (nSPS) is 5.65. The molecule has 0 aromatic heterocycles. The Hall–Kier alpha value is -2.67. The molecule has 0 unspecified atom stereocenters. The van der Waals surface area contributed by atoms with Crippen LogP contribution in [0.5, 0.6) is 0 Å². The van der Waals surface area contributed by atoms with Crippen molar-refractivity contribution >= 4 is 17.4 Å². The van der Waals surface area contributed by atoms with Crippen molar-refractivity contribution in [3.05, 3.63) is 40.5 Å². The Morgan fingerprint density at radius 3 is 0.529 bits per heavy atom. The van der Waals surface area contributed by atoms with Gasteiger partial charge in [0.05, 0.1) is 0 Å². The smallest absolute Gasteiger partial charge is 0.291 e. The van der Waals surface area contributed by atoms with E-state index >= 15 is 0 Å². The second kappa shape index (κ2) is 23.3. The molecule has 0 aromatic carbocycles. The first kappa shape index (κ1) is 29.3. The van der Waals surface area contributed by atoms with Crippen LogP contribution in [0.3, 0.4) is 0 Å². The highest BCUT2D eigenvalue weighted by Gasteiger charge is 1.66. The van der Waals surface area contributed by atoms with Gasteiger partial charge >= 0.3 is 0 Å². The van der Waals surface area contributed by atoms with Crippen molar-refractivity contribution in [2.75, 3.05) is 0 Å². The highest BCUT2D eigenvalue weighted by Crippen LogP contribution is 1.39. The molecular formula is H7AlN4O12. The van der Waals surface area contributed by atoms with Crippen molar-refractivity contribution in [2.45, 2.75) is 0 Å². The van der Waals surface area contributed by atoms with Crippen LogP contribution >= 0.6 is 0 Å². The zero-order chi connectivity index (χ0) is 14.3. The van der Waals surface area contributed by atoms with E-state index in [0.29, 0.717) is 0 Å². The fourth-order valence-corrected chi connectivity index (χ4v) is 0. The molecule has 0 amide bonds. The molecule has 0 fully saturated rings. The number of hydrogen-bond acceptors (Lipinski definition) is 8. The van der Waals surface area contributed by atoms with Gasteiger partial charge in [-0.05, 0) is 0 Å². The van der Waals surface area contributed by atoms with Gasteiger partial charge in [-0.2, -0.15) is 0 Å². The fourth-order valence-electron chi connectivity index (χ4n) is 0. The summed E-state index contributed by atoms with van der Waals surface area (Å²) in [7, 11) is 0. The van der Waals surface area contributed by atoms with E-state index in [1.54, 1.807) is 0 Å². The predicted octanol–water partition coefficient (Wildman–Crippen LogP) is -2.57. The van der Waals surface area contributed by atoms with E-state index < -0.39 is 20.3 Å². The van der Waals surface area contributed by atoms with Gasteiger partial charge in [-0.3, -0.25) is 0 Å². The minimum Gasteiger partial charge on any atom is -0.328 e. The largest absolute Gasteiger partial charge is 0.328 e. The van der Waals surface area contributed by atoms with Crippen LogP contribution in [0.25, 0.3) is 0 Å². The van der Waals surface area contributed by atoms with E-state index in [0.717, 1.165) is 0 Å². The van der Waals surface area contributed by atoms with Crippen molar-refractivity contribution in [1.29, 1.82) is 0 Å². The van der Waals surface area contributed by atoms with E-state index in [1.165, 1.54) is 0 Å². The fraction of sp³-hybridized carbons (Fsp3) is 0. The molecule has 17 heteroatoms. The first-order chi connectivity index (χ1) is 6.93. The lowest BCUT2D eigenvalue weighted by atomic mass is 13.1. The van der Waals surface area contributed by atoms with Gasteiger partial charge < -0.3 is 20.8 Å². The van der Waals surface area contributed by atoms with E-state index in [1.807, 2.05) is 0 Å². The Kier molecular flexibility index (Phi) is 40.1. The molecule has 0 rings (SSSR count). The van der Waals surface area contributed by atoms with Crippen LogP contribution in [-0.2, 0) is 0 Å². The molecule has 17 heavy (non-hydrogen) atoms. The Bertz CT molecular complexity index is 159. The monoisotopic (exact) mass is 282 g/mol. The number of rotatable bonds is 0. The Balaban J connectivity index is -0.0000000369. The minimum absolute atomic E-state index is 0. The molecule has 102 valence electrons. The zero-order valence-electron chi connectivity index (χ0n) is 6.84. The average Bonchev–Trinajstić information content (AvgIpc) is 1.76. The Morgan fingerprint density at radius 2 is 0.529 bits per heavy atom. The predicted molar refractivity (Wildman–Crippen MR) is 45.1 cm³/mol. The molecular weight excluding hydrogens is 275 g/mol. The molecule has 0 radical (unpaired) electrons. The molecule has 0 aliphatic rings. The standard InChI is InChI=1S/Al.4HNO3.3H/c;4*2-1(3)4;;;/h;4*(H,2,3,4);;;. The highest BCUT2D eigenvalue weighted by molar-refractivity contribution is 5.75. The SMILES string of the molecule is O=[N+]([O-])O.O=[N+]([O-])O.O=[N+]([O-])O.O=[N+]([O-])O.[AlH3]. The highest BCUT2D eigenvalue weighted by atomic mass is 27.0. The van der Waals surface area contributed by atoms with Gasteiger partial charge in [0.2, 0.25) is 0 Å². The third-order valence-corrected chi connectivity index (χ3v) is 0. The summed E-state index contributed by atoms with van der Waals surface area (Å²) in [5.74, 6) is 0. The first-order valence-electron chi connectivity index (χ1n) is 2.26. The second-order valence-corrected chi connectivity index (χ2v) is 0.951. The van der Waals surface area contributed by atoms with Crippen molar-refractivity contribution in [3.8, 4) is 0 Å². The maximum atomic E-state index is 8.36. The van der Waals surface area contributed by atoms with Crippen LogP contribution in [0.15, 0.2) is 0 Å². The Labute approximate surface area is 99.9 Å². The maximum Gasteiger partial charge on any atom is 0.291 e. The summed E-state index contributed by atoms with van der Waals surface area (Å²) in [5.41, 5.74) is 0. The summed E-state index contributed by atoms with van der Waals surface area (Å²) in [6, 6.07) is 0. The average molecular weight is 282 g/mol. The van der Waals surface area contributed by atoms with Gasteiger partial charge in [0.1, 0.15) is 0 Å². The van der Waals surface area contributed by atoms with Gasteiger partial charge in [0.15, 0.2) is 17.4 Å². The summed E-state index contributed by atoms with van der Waals surface area (Å²) in [5, 5.41) is 54.6. The molecule has 0 spiro atoms. The molecule has 0 aliphatic heterocycles. The summed E-state index contributed by atoms with van der Waals surface area (Å²) in [4.78, 5) is 33.4. The molecule has 4 N–H and O–H groups in total. The van der Waals surface area contributed by atoms with Crippen molar-refractivity contribution in [1.82, 2.24) is 0 Å². The molecule has 0 aliphatic carbocycles. The van der Waals surface area contributed by atoms with Crippen LogP contribution in [-0.4, -0.2) is 58.5 Å². The molecule has 0 saturated heterocycles. The van der Waals surface area contributed by atoms with Crippen molar-refractivity contribution < 1.29 is 41.2 Å². The zero-order valence-corrected chi connectivity index (χ0v) is 6.84. The maximum absolute atomic E-state index is 8.36. The molecule has 0 saturated carbocycles. The van der Waals surface area contributed by atoms with E-state index in [9.17, 15) is 0 Å². The summed E-state index contributed by atoms with van der Waals surface area (Å²) < 4.78 is 0. The third kappa shape index (κ3) is 241. The van der Waals surface area contributed by atoms with E-state index in [-0.39, 0.29) is 17.4 Å². The van der Waals surface area contributed by atoms with E-state index in [2.05, 4.69) is 0 Å². The van der Waals surface area contributed by atoms with Gasteiger partial charge in [-0.15, -0.1) is 40.5 Å². The quantitative estimate of drug-likeness (QED) is 0.203. The molecule has 16 nitrogen and oxygen atoms in total. The summed E-state index contributed by atoms with van der Waals surface area (Å²) in [6.07, 6.45) is 0. The van der Waals surface area contributed by atoms with Crippen LogP contribution in [0, 0.1) is 40.5 Å². The van der Waals surface area contributed by atoms with Crippen LogP contribution < -0.4 is 0 Å².